The predicted octanol–water partition coefficient (Wildman–Crippen LogP) is 4.49. The van der Waals surface area contributed by atoms with Crippen LogP contribution in [0.3, 0.4) is 0 Å². The summed E-state index contributed by atoms with van der Waals surface area (Å²) in [6.07, 6.45) is 6.61. The van der Waals surface area contributed by atoms with Crippen molar-refractivity contribution in [2.24, 2.45) is 10.7 Å². The van der Waals surface area contributed by atoms with Crippen molar-refractivity contribution in [3.63, 3.8) is 0 Å². The average molecular weight is 553 g/mol. The fourth-order valence-electron chi connectivity index (χ4n) is 4.69. The Labute approximate surface area is 227 Å². The maximum atomic E-state index is 15.2. The zero-order valence-corrected chi connectivity index (χ0v) is 22.3. The van der Waals surface area contributed by atoms with E-state index in [4.69, 9.17) is 15.2 Å². The molecule has 3 N–H and O–H groups in total. The van der Waals surface area contributed by atoms with Crippen molar-refractivity contribution in [2.45, 2.75) is 37.2 Å². The number of pyridine rings is 1. The number of hydrogen-bond donors (Lipinski definition) is 2. The smallest absolute Gasteiger partial charge is 0.233 e. The highest BCUT2D eigenvalue weighted by Crippen LogP contribution is 2.46. The average Bonchev–Trinajstić information content (AvgIpc) is 2.89. The van der Waals surface area contributed by atoms with Gasteiger partial charge < -0.3 is 20.5 Å². The molecule has 39 heavy (non-hydrogen) atoms. The quantitative estimate of drug-likeness (QED) is 0.322. The number of aliphatic imine (C=N–C) groups is 1. The summed E-state index contributed by atoms with van der Waals surface area (Å²) in [7, 11) is 1.59. The van der Waals surface area contributed by atoms with Gasteiger partial charge in [-0.3, -0.25) is 4.99 Å². The van der Waals surface area contributed by atoms with Crippen molar-refractivity contribution in [1.82, 2.24) is 24.9 Å². The summed E-state index contributed by atoms with van der Waals surface area (Å²) in [5, 5.41) is 3.34. The van der Waals surface area contributed by atoms with Crippen molar-refractivity contribution in [3.05, 3.63) is 72.1 Å². The number of halogens is 2. The second kappa shape index (κ2) is 10.7. The number of nitrogens with two attached hydrogens (primary N) is 1. The van der Waals surface area contributed by atoms with Crippen LogP contribution in [-0.2, 0) is 16.9 Å². The maximum absolute atomic E-state index is 15.2. The zero-order valence-electron chi connectivity index (χ0n) is 21.5. The lowest BCUT2D eigenvalue weighted by atomic mass is 9.83. The van der Waals surface area contributed by atoms with E-state index in [1.54, 1.807) is 38.6 Å². The third-order valence-electron chi connectivity index (χ3n) is 6.15. The minimum atomic E-state index is -1.12. The molecule has 0 saturated heterocycles. The van der Waals surface area contributed by atoms with Crippen molar-refractivity contribution in [1.29, 1.82) is 0 Å². The number of nitrogens with zero attached hydrogens (tertiary/aromatic N) is 6. The summed E-state index contributed by atoms with van der Waals surface area (Å²) in [5.74, 6) is -0.918. The van der Waals surface area contributed by atoms with Crippen LogP contribution in [0.5, 0.6) is 5.88 Å². The molecule has 0 spiro atoms. The van der Waals surface area contributed by atoms with Gasteiger partial charge in [-0.25, -0.2) is 33.7 Å². The Bertz CT molecular complexity index is 1540. The van der Waals surface area contributed by atoms with Crippen molar-refractivity contribution in [2.75, 3.05) is 19.0 Å². The second-order valence-corrected chi connectivity index (χ2v) is 11.1. The van der Waals surface area contributed by atoms with E-state index in [1.807, 2.05) is 6.92 Å². The van der Waals surface area contributed by atoms with Gasteiger partial charge in [0, 0.05) is 47.8 Å². The lowest BCUT2D eigenvalue weighted by Crippen LogP contribution is -2.43. The van der Waals surface area contributed by atoms with E-state index in [0.29, 0.717) is 35.7 Å². The number of benzene rings is 1. The Balaban J connectivity index is 1.44. The lowest BCUT2D eigenvalue weighted by Gasteiger charge is -2.41. The number of anilines is 2. The third kappa shape index (κ3) is 5.73. The van der Waals surface area contributed by atoms with E-state index in [9.17, 15) is 4.39 Å². The van der Waals surface area contributed by atoms with Gasteiger partial charge in [-0.05, 0) is 38.5 Å². The van der Waals surface area contributed by atoms with Gasteiger partial charge in [0.25, 0.3) is 0 Å². The van der Waals surface area contributed by atoms with Crippen LogP contribution in [0.25, 0.3) is 11.0 Å². The largest absolute Gasteiger partial charge is 0.468 e. The number of ether oxygens (including phenoxy) is 2. The summed E-state index contributed by atoms with van der Waals surface area (Å²) in [6.45, 7) is 4.19. The van der Waals surface area contributed by atoms with E-state index in [-0.39, 0.29) is 28.9 Å². The third-order valence-corrected chi connectivity index (χ3v) is 7.21. The second-order valence-electron chi connectivity index (χ2n) is 9.52. The van der Waals surface area contributed by atoms with Gasteiger partial charge in [-0.2, -0.15) is 0 Å². The summed E-state index contributed by atoms with van der Waals surface area (Å²) in [4.78, 5) is 26.0. The number of methoxy groups -OCH3 is 1. The first-order chi connectivity index (χ1) is 18.7. The topological polar surface area (TPSA) is 133 Å². The number of amidine groups is 1. The van der Waals surface area contributed by atoms with Crippen LogP contribution in [0.15, 0.2) is 54.0 Å². The van der Waals surface area contributed by atoms with Gasteiger partial charge in [-0.1, -0.05) is 11.8 Å². The van der Waals surface area contributed by atoms with Crippen LogP contribution in [0.4, 0.5) is 20.3 Å². The van der Waals surface area contributed by atoms with Gasteiger partial charge in [-0.15, -0.1) is 0 Å². The van der Waals surface area contributed by atoms with Gasteiger partial charge in [0.15, 0.2) is 28.4 Å². The van der Waals surface area contributed by atoms with E-state index in [0.717, 1.165) is 6.07 Å². The molecule has 10 nitrogen and oxygen atoms in total. The number of fused-ring (bicyclic) bond motifs is 1. The normalized spacial score (nSPS) is 21.0. The van der Waals surface area contributed by atoms with Gasteiger partial charge in [0.05, 0.1) is 23.9 Å². The predicted molar refractivity (Wildman–Crippen MR) is 145 cm³/mol. The molecule has 4 aromatic rings. The zero-order chi connectivity index (χ0) is 27.6. The molecule has 0 bridgehead atoms. The number of hydrogen-bond acceptors (Lipinski definition) is 11. The molecule has 0 saturated carbocycles. The van der Waals surface area contributed by atoms with Gasteiger partial charge >= 0.3 is 0 Å². The van der Waals surface area contributed by atoms with Crippen molar-refractivity contribution in [3.8, 4) is 5.88 Å². The first-order valence-electron chi connectivity index (χ1n) is 12.0. The molecule has 1 aliphatic rings. The molecule has 13 heteroatoms. The number of aromatic nitrogens is 5. The monoisotopic (exact) mass is 552 g/mol. The van der Waals surface area contributed by atoms with Crippen LogP contribution < -0.4 is 15.8 Å². The molecular formula is C26H26F2N8O2S. The van der Waals surface area contributed by atoms with Crippen LogP contribution >= 0.6 is 11.8 Å². The summed E-state index contributed by atoms with van der Waals surface area (Å²) < 4.78 is 40.6. The van der Waals surface area contributed by atoms with Gasteiger partial charge in [0.1, 0.15) is 12.1 Å². The molecule has 0 fully saturated rings. The molecule has 5 rings (SSSR count). The van der Waals surface area contributed by atoms with Crippen LogP contribution in [-0.4, -0.2) is 48.6 Å². The summed E-state index contributed by atoms with van der Waals surface area (Å²) in [5.41, 5.74) is 6.25. The number of rotatable bonds is 8. The van der Waals surface area contributed by atoms with E-state index < -0.39 is 21.9 Å². The Hall–Kier alpha value is -3.97. The minimum Gasteiger partial charge on any atom is -0.468 e. The van der Waals surface area contributed by atoms with E-state index in [1.165, 1.54) is 30.2 Å². The number of thioether (sulfide) groups is 1. The molecular weight excluding hydrogens is 526 g/mol. The fourth-order valence-corrected chi connectivity index (χ4v) is 5.97. The summed E-state index contributed by atoms with van der Waals surface area (Å²) >= 11 is 1.36. The Kier molecular flexibility index (Phi) is 7.28. The van der Waals surface area contributed by atoms with Crippen LogP contribution in [0, 0.1) is 11.6 Å². The molecule has 0 amide bonds. The Morgan fingerprint density at radius 2 is 1.90 bits per heavy atom. The highest BCUT2D eigenvalue weighted by molar-refractivity contribution is 8.15. The SMILES string of the molecule is COC[C@@]1(C)C[C@@](C)(c2cc(Nc3nccc4nc(OCc5ncccn5)cnc34)cc(F)c2F)N=C(N)S1. The highest BCUT2D eigenvalue weighted by atomic mass is 32.2. The molecule has 1 aromatic carbocycles. The molecule has 1 aliphatic heterocycles. The summed E-state index contributed by atoms with van der Waals surface area (Å²) in [6, 6.07) is 5.97. The fraction of sp³-hybridized carbons (Fsp3) is 0.308. The van der Waals surface area contributed by atoms with Crippen molar-refractivity contribution < 1.29 is 18.3 Å². The number of nitrogens with one attached hydrogen (secondary N) is 1. The Morgan fingerprint density at radius 1 is 1.10 bits per heavy atom. The molecule has 3 aromatic heterocycles. The lowest BCUT2D eigenvalue weighted by molar-refractivity contribution is 0.157. The molecule has 0 aliphatic carbocycles. The van der Waals surface area contributed by atoms with Gasteiger partial charge in [0.2, 0.25) is 5.88 Å². The molecule has 202 valence electrons. The standard InChI is InChI=1S/C26H26F2N8O2S/c1-25(14-37-3)13-26(2,36-24(29)39-25)16-9-15(10-17(27)21(16)28)34-23-22-18(5-8-32-23)35-20(11-33-22)38-12-19-30-6-4-7-31-19/h4-11H,12-14H2,1-3H3,(H2,29,36)(H,32,34)/t25-,26+/m1/s1. The molecule has 2 atom stereocenters. The molecule has 0 unspecified atom stereocenters. The van der Waals surface area contributed by atoms with Crippen LogP contribution in [0.2, 0.25) is 0 Å². The maximum Gasteiger partial charge on any atom is 0.233 e. The molecule has 0 radical (unpaired) electrons. The Morgan fingerprint density at radius 3 is 2.67 bits per heavy atom. The van der Waals surface area contributed by atoms with E-state index >= 15 is 4.39 Å². The van der Waals surface area contributed by atoms with E-state index in [2.05, 4.69) is 35.2 Å². The minimum absolute atomic E-state index is 0.0701. The van der Waals surface area contributed by atoms with Crippen LogP contribution in [0.1, 0.15) is 31.7 Å². The highest BCUT2D eigenvalue weighted by Gasteiger charge is 2.44. The first-order valence-corrected chi connectivity index (χ1v) is 12.8. The van der Waals surface area contributed by atoms with Crippen molar-refractivity contribution >= 4 is 39.5 Å². The first kappa shape index (κ1) is 26.6. The molecule has 4 heterocycles.